The second-order valence-corrected chi connectivity index (χ2v) is 5.60. The molecule has 1 aromatic rings. The van der Waals surface area contributed by atoms with Crippen molar-refractivity contribution in [3.05, 3.63) is 16.6 Å². The average molecular weight is 281 g/mol. The first-order valence-electron chi connectivity index (χ1n) is 6.32. The highest BCUT2D eigenvalue weighted by Gasteiger charge is 2.32. The number of hydrogen-bond donors (Lipinski definition) is 0. The molecule has 0 bridgehead atoms. The minimum absolute atomic E-state index is 0.00778. The van der Waals surface area contributed by atoms with Crippen LogP contribution in [0, 0.1) is 0 Å². The number of rotatable bonds is 2. The third kappa shape index (κ3) is 2.62. The molecule has 19 heavy (non-hydrogen) atoms. The summed E-state index contributed by atoms with van der Waals surface area (Å²) >= 11 is 1.37. The molecular formula is C12H15N3O3S. The zero-order chi connectivity index (χ0) is 13.2. The first kappa shape index (κ1) is 12.6. The zero-order valence-electron chi connectivity index (χ0n) is 10.4. The van der Waals surface area contributed by atoms with Gasteiger partial charge >= 0.3 is 5.97 Å². The molecule has 0 unspecified atom stereocenters. The lowest BCUT2D eigenvalue weighted by Crippen LogP contribution is -2.52. The van der Waals surface area contributed by atoms with E-state index in [1.807, 2.05) is 10.3 Å². The van der Waals surface area contributed by atoms with Crippen LogP contribution in [0.15, 0.2) is 11.6 Å². The molecule has 3 rings (SSSR count). The lowest BCUT2D eigenvalue weighted by molar-refractivity contribution is -0.137. The van der Waals surface area contributed by atoms with Crippen LogP contribution >= 0.6 is 11.3 Å². The van der Waals surface area contributed by atoms with Crippen molar-refractivity contribution in [1.29, 1.82) is 0 Å². The fourth-order valence-corrected chi connectivity index (χ4v) is 3.09. The molecule has 1 aromatic heterocycles. The van der Waals surface area contributed by atoms with Crippen molar-refractivity contribution >= 4 is 23.2 Å². The van der Waals surface area contributed by atoms with Gasteiger partial charge in [-0.15, -0.1) is 11.3 Å². The molecule has 2 aliphatic heterocycles. The Hall–Kier alpha value is -1.47. The van der Waals surface area contributed by atoms with Crippen molar-refractivity contribution in [3.63, 3.8) is 0 Å². The van der Waals surface area contributed by atoms with E-state index in [0.29, 0.717) is 31.1 Å². The molecule has 2 aliphatic rings. The molecule has 0 aliphatic carbocycles. The van der Waals surface area contributed by atoms with Crippen molar-refractivity contribution in [1.82, 2.24) is 14.8 Å². The van der Waals surface area contributed by atoms with Crippen LogP contribution in [0.2, 0.25) is 0 Å². The van der Waals surface area contributed by atoms with E-state index in [2.05, 4.69) is 9.88 Å². The van der Waals surface area contributed by atoms with Gasteiger partial charge in [-0.25, -0.2) is 4.98 Å². The number of thiazole rings is 1. The quantitative estimate of drug-likeness (QED) is 0.726. The molecule has 3 heterocycles. The smallest absolute Gasteiger partial charge is 0.307 e. The maximum atomic E-state index is 12.1. The van der Waals surface area contributed by atoms with Gasteiger partial charge in [-0.2, -0.15) is 0 Å². The highest BCUT2D eigenvalue weighted by molar-refractivity contribution is 7.11. The standard InChI is InChI=1S/C12H15N3O3S/c16-10-7-9(8-18-10)14-2-4-15(5-3-14)12(17)11-13-1-6-19-11/h1,6,9H,2-5,7-8H2/t9-/m1/s1. The summed E-state index contributed by atoms with van der Waals surface area (Å²) in [5.41, 5.74) is 0. The van der Waals surface area contributed by atoms with Gasteiger partial charge in [0.15, 0.2) is 5.01 Å². The highest BCUT2D eigenvalue weighted by Crippen LogP contribution is 2.17. The van der Waals surface area contributed by atoms with Crippen molar-refractivity contribution in [2.24, 2.45) is 0 Å². The van der Waals surface area contributed by atoms with Gasteiger partial charge in [-0.05, 0) is 0 Å². The van der Waals surface area contributed by atoms with Crippen LogP contribution in [-0.2, 0) is 9.53 Å². The molecule has 0 saturated carbocycles. The Labute approximate surface area is 115 Å². The van der Waals surface area contributed by atoms with Crippen LogP contribution in [0.5, 0.6) is 0 Å². The van der Waals surface area contributed by atoms with Crippen LogP contribution in [0.1, 0.15) is 16.2 Å². The van der Waals surface area contributed by atoms with Gasteiger partial charge in [0.1, 0.15) is 6.61 Å². The molecule has 0 N–H and O–H groups in total. The third-order valence-corrected chi connectivity index (χ3v) is 4.33. The predicted molar refractivity (Wildman–Crippen MR) is 69.0 cm³/mol. The lowest BCUT2D eigenvalue weighted by atomic mass is 10.2. The Morgan fingerprint density at radius 2 is 2.16 bits per heavy atom. The first-order chi connectivity index (χ1) is 9.24. The summed E-state index contributed by atoms with van der Waals surface area (Å²) in [7, 11) is 0. The van der Waals surface area contributed by atoms with Crippen molar-refractivity contribution in [2.45, 2.75) is 12.5 Å². The monoisotopic (exact) mass is 281 g/mol. The summed E-state index contributed by atoms with van der Waals surface area (Å²) in [5.74, 6) is -0.111. The SMILES string of the molecule is O=C1C[C@@H](N2CCN(C(=O)c3nccs3)CC2)CO1. The van der Waals surface area contributed by atoms with Gasteiger partial charge < -0.3 is 9.64 Å². The van der Waals surface area contributed by atoms with Gasteiger partial charge in [0, 0.05) is 37.8 Å². The first-order valence-corrected chi connectivity index (χ1v) is 7.20. The number of ether oxygens (including phenoxy) is 1. The Balaban J connectivity index is 1.55. The highest BCUT2D eigenvalue weighted by atomic mass is 32.1. The number of amides is 1. The van der Waals surface area contributed by atoms with Gasteiger partial charge in [0.2, 0.25) is 0 Å². The van der Waals surface area contributed by atoms with E-state index in [9.17, 15) is 9.59 Å². The maximum Gasteiger partial charge on any atom is 0.307 e. The van der Waals surface area contributed by atoms with E-state index in [1.165, 1.54) is 11.3 Å². The number of aromatic nitrogens is 1. The third-order valence-electron chi connectivity index (χ3n) is 3.57. The summed E-state index contributed by atoms with van der Waals surface area (Å²) in [6.45, 7) is 3.43. The Morgan fingerprint density at radius 1 is 1.37 bits per heavy atom. The normalized spacial score (nSPS) is 24.5. The number of hydrogen-bond acceptors (Lipinski definition) is 6. The number of carbonyl (C=O) groups excluding carboxylic acids is 2. The molecule has 1 amide bonds. The maximum absolute atomic E-state index is 12.1. The predicted octanol–water partition coefficient (Wildman–Crippen LogP) is 0.216. The van der Waals surface area contributed by atoms with Gasteiger partial charge in [-0.1, -0.05) is 0 Å². The summed E-state index contributed by atoms with van der Waals surface area (Å²) in [6.07, 6.45) is 2.12. The topological polar surface area (TPSA) is 62.7 Å². The summed E-state index contributed by atoms with van der Waals surface area (Å²) in [5, 5.41) is 2.36. The molecule has 0 aromatic carbocycles. The van der Waals surface area contributed by atoms with Crippen LogP contribution in [0.3, 0.4) is 0 Å². The van der Waals surface area contributed by atoms with Crippen LogP contribution < -0.4 is 0 Å². The summed E-state index contributed by atoms with van der Waals surface area (Å²) in [6, 6.07) is 0.185. The second-order valence-electron chi connectivity index (χ2n) is 4.71. The van der Waals surface area contributed by atoms with Crippen LogP contribution in [0.4, 0.5) is 0 Å². The minimum atomic E-state index is -0.119. The number of cyclic esters (lactones) is 1. The molecule has 0 spiro atoms. The molecule has 6 nitrogen and oxygen atoms in total. The van der Waals surface area contributed by atoms with E-state index < -0.39 is 0 Å². The fraction of sp³-hybridized carbons (Fsp3) is 0.583. The van der Waals surface area contributed by atoms with Gasteiger partial charge in [0.05, 0.1) is 12.5 Å². The van der Waals surface area contributed by atoms with E-state index in [1.54, 1.807) is 6.20 Å². The van der Waals surface area contributed by atoms with Crippen molar-refractivity contribution in [3.8, 4) is 0 Å². The number of esters is 1. The molecule has 2 fully saturated rings. The van der Waals surface area contributed by atoms with Crippen LogP contribution in [0.25, 0.3) is 0 Å². The number of carbonyl (C=O) groups is 2. The molecule has 2 saturated heterocycles. The van der Waals surface area contributed by atoms with Crippen molar-refractivity contribution < 1.29 is 14.3 Å². The van der Waals surface area contributed by atoms with E-state index in [4.69, 9.17) is 4.74 Å². The van der Waals surface area contributed by atoms with Gasteiger partial charge in [0.25, 0.3) is 5.91 Å². The average Bonchev–Trinajstić information content (AvgIpc) is 3.09. The summed E-state index contributed by atoms with van der Waals surface area (Å²) in [4.78, 5) is 31.3. The molecule has 7 heteroatoms. The Morgan fingerprint density at radius 3 is 2.74 bits per heavy atom. The van der Waals surface area contributed by atoms with E-state index in [-0.39, 0.29) is 17.9 Å². The largest absolute Gasteiger partial charge is 0.464 e. The Kier molecular flexibility index (Phi) is 3.48. The fourth-order valence-electron chi connectivity index (χ4n) is 2.49. The Bertz CT molecular complexity index is 469. The van der Waals surface area contributed by atoms with Crippen LogP contribution in [-0.4, -0.2) is 65.5 Å². The number of piperazine rings is 1. The number of nitrogens with zero attached hydrogens (tertiary/aromatic N) is 3. The summed E-state index contributed by atoms with van der Waals surface area (Å²) < 4.78 is 4.98. The molecule has 0 radical (unpaired) electrons. The zero-order valence-corrected chi connectivity index (χ0v) is 11.3. The lowest BCUT2D eigenvalue weighted by Gasteiger charge is -2.36. The molecule has 102 valence electrons. The van der Waals surface area contributed by atoms with E-state index in [0.717, 1.165) is 13.1 Å². The van der Waals surface area contributed by atoms with E-state index >= 15 is 0 Å². The second kappa shape index (κ2) is 5.26. The molecule has 1 atom stereocenters. The molecular weight excluding hydrogens is 266 g/mol. The van der Waals surface area contributed by atoms with Crippen molar-refractivity contribution in [2.75, 3.05) is 32.8 Å². The van der Waals surface area contributed by atoms with Gasteiger partial charge in [-0.3, -0.25) is 14.5 Å². The minimum Gasteiger partial charge on any atom is -0.464 e.